The summed E-state index contributed by atoms with van der Waals surface area (Å²) in [7, 11) is 0. The zero-order chi connectivity index (χ0) is 10.1. The van der Waals surface area contributed by atoms with Crippen molar-refractivity contribution < 1.29 is 5.11 Å². The van der Waals surface area contributed by atoms with Gasteiger partial charge < -0.3 is 16.2 Å². The Morgan fingerprint density at radius 2 is 2.14 bits per heavy atom. The SMILES string of the molecule is NC(=S)Nc1ccc2c(c1)CC(O)C2. The zero-order valence-electron chi connectivity index (χ0n) is 7.66. The topological polar surface area (TPSA) is 58.3 Å². The van der Waals surface area contributed by atoms with Crippen molar-refractivity contribution >= 4 is 23.0 Å². The van der Waals surface area contributed by atoms with Crippen LogP contribution in [0.25, 0.3) is 0 Å². The fraction of sp³-hybridized carbons (Fsp3) is 0.300. The predicted octanol–water partition coefficient (Wildman–Crippen LogP) is 0.802. The summed E-state index contributed by atoms with van der Waals surface area (Å²) in [4.78, 5) is 0. The molecule has 1 atom stereocenters. The number of thiocarbonyl (C=S) groups is 1. The van der Waals surface area contributed by atoms with Crippen molar-refractivity contribution in [2.75, 3.05) is 5.32 Å². The molecule has 1 aliphatic carbocycles. The molecule has 0 radical (unpaired) electrons. The lowest BCUT2D eigenvalue weighted by Crippen LogP contribution is -2.18. The van der Waals surface area contributed by atoms with E-state index in [1.807, 2.05) is 18.2 Å². The Morgan fingerprint density at radius 3 is 2.86 bits per heavy atom. The molecule has 2 rings (SSSR count). The van der Waals surface area contributed by atoms with Gasteiger partial charge in [0.15, 0.2) is 5.11 Å². The van der Waals surface area contributed by atoms with Crippen LogP contribution in [0.4, 0.5) is 5.69 Å². The summed E-state index contributed by atoms with van der Waals surface area (Å²) >= 11 is 4.75. The van der Waals surface area contributed by atoms with Gasteiger partial charge >= 0.3 is 0 Å². The van der Waals surface area contributed by atoms with Crippen LogP contribution in [0, 0.1) is 0 Å². The summed E-state index contributed by atoms with van der Waals surface area (Å²) in [6.45, 7) is 0. The Kier molecular flexibility index (Phi) is 2.39. The van der Waals surface area contributed by atoms with E-state index in [-0.39, 0.29) is 11.2 Å². The number of fused-ring (bicyclic) bond motifs is 1. The number of hydrogen-bond donors (Lipinski definition) is 3. The normalized spacial score (nSPS) is 19.1. The van der Waals surface area contributed by atoms with Crippen LogP contribution in [0.1, 0.15) is 11.1 Å². The molecule has 0 aliphatic heterocycles. The van der Waals surface area contributed by atoms with Crippen molar-refractivity contribution in [1.82, 2.24) is 0 Å². The van der Waals surface area contributed by atoms with Gasteiger partial charge in [-0.2, -0.15) is 0 Å². The molecule has 0 amide bonds. The lowest BCUT2D eigenvalue weighted by molar-refractivity contribution is 0.187. The van der Waals surface area contributed by atoms with E-state index in [0.29, 0.717) is 0 Å². The Bertz CT molecular complexity index is 378. The van der Waals surface area contributed by atoms with E-state index in [1.54, 1.807) is 0 Å². The second kappa shape index (κ2) is 3.55. The van der Waals surface area contributed by atoms with Crippen LogP contribution >= 0.6 is 12.2 Å². The molecule has 1 aromatic carbocycles. The minimum absolute atomic E-state index is 0.231. The molecule has 14 heavy (non-hydrogen) atoms. The minimum atomic E-state index is -0.231. The van der Waals surface area contributed by atoms with Gasteiger partial charge in [0.05, 0.1) is 6.10 Å². The van der Waals surface area contributed by atoms with E-state index in [1.165, 1.54) is 11.1 Å². The average Bonchev–Trinajstić information content (AvgIpc) is 2.42. The molecule has 74 valence electrons. The van der Waals surface area contributed by atoms with E-state index >= 15 is 0 Å². The van der Waals surface area contributed by atoms with E-state index in [4.69, 9.17) is 18.0 Å². The summed E-state index contributed by atoms with van der Waals surface area (Å²) < 4.78 is 0. The molecule has 0 aromatic heterocycles. The molecule has 0 spiro atoms. The molecule has 1 aliphatic rings. The van der Waals surface area contributed by atoms with Crippen molar-refractivity contribution in [3.8, 4) is 0 Å². The van der Waals surface area contributed by atoms with Gasteiger partial charge in [-0.05, 0) is 48.3 Å². The van der Waals surface area contributed by atoms with Crippen LogP contribution in [-0.2, 0) is 12.8 Å². The number of aliphatic hydroxyl groups excluding tert-OH is 1. The molecular formula is C10H12N2OS. The Hall–Kier alpha value is -1.13. The fourth-order valence-electron chi connectivity index (χ4n) is 1.81. The van der Waals surface area contributed by atoms with Gasteiger partial charge in [0.25, 0.3) is 0 Å². The lowest BCUT2D eigenvalue weighted by Gasteiger charge is -2.05. The molecular weight excluding hydrogens is 196 g/mol. The smallest absolute Gasteiger partial charge is 0.168 e. The van der Waals surface area contributed by atoms with Gasteiger partial charge in [0.2, 0.25) is 0 Å². The largest absolute Gasteiger partial charge is 0.392 e. The van der Waals surface area contributed by atoms with Crippen LogP contribution < -0.4 is 11.1 Å². The Morgan fingerprint density at radius 1 is 1.43 bits per heavy atom. The maximum absolute atomic E-state index is 9.45. The summed E-state index contributed by atoms with van der Waals surface area (Å²) in [6.07, 6.45) is 1.25. The van der Waals surface area contributed by atoms with Gasteiger partial charge in [-0.25, -0.2) is 0 Å². The summed E-state index contributed by atoms with van der Waals surface area (Å²) in [5.74, 6) is 0. The molecule has 0 heterocycles. The molecule has 3 nitrogen and oxygen atoms in total. The zero-order valence-corrected chi connectivity index (χ0v) is 8.47. The van der Waals surface area contributed by atoms with Crippen molar-refractivity contribution in [3.05, 3.63) is 29.3 Å². The van der Waals surface area contributed by atoms with Crippen LogP contribution in [-0.4, -0.2) is 16.3 Å². The average molecular weight is 208 g/mol. The van der Waals surface area contributed by atoms with Crippen LogP contribution in [0.2, 0.25) is 0 Å². The molecule has 0 fully saturated rings. The summed E-state index contributed by atoms with van der Waals surface area (Å²) in [5.41, 5.74) is 8.66. The summed E-state index contributed by atoms with van der Waals surface area (Å²) in [6, 6.07) is 5.92. The first kappa shape index (κ1) is 9.43. The third-order valence-corrected chi connectivity index (χ3v) is 2.49. The number of benzene rings is 1. The minimum Gasteiger partial charge on any atom is -0.392 e. The highest BCUT2D eigenvalue weighted by Gasteiger charge is 2.18. The quantitative estimate of drug-likeness (QED) is 0.598. The number of nitrogens with two attached hydrogens (primary N) is 1. The summed E-state index contributed by atoms with van der Waals surface area (Å²) in [5, 5.41) is 12.6. The van der Waals surface area contributed by atoms with Gasteiger partial charge in [-0.3, -0.25) is 0 Å². The number of anilines is 1. The highest BCUT2D eigenvalue weighted by molar-refractivity contribution is 7.80. The van der Waals surface area contributed by atoms with E-state index < -0.39 is 0 Å². The lowest BCUT2D eigenvalue weighted by atomic mass is 10.1. The fourth-order valence-corrected chi connectivity index (χ4v) is 1.93. The highest BCUT2D eigenvalue weighted by Crippen LogP contribution is 2.25. The number of hydrogen-bond acceptors (Lipinski definition) is 2. The highest BCUT2D eigenvalue weighted by atomic mass is 32.1. The van der Waals surface area contributed by atoms with Gasteiger partial charge in [-0.1, -0.05) is 6.07 Å². The molecule has 1 unspecified atom stereocenters. The number of nitrogens with one attached hydrogen (secondary N) is 1. The van der Waals surface area contributed by atoms with Crippen molar-refractivity contribution in [2.45, 2.75) is 18.9 Å². The maximum Gasteiger partial charge on any atom is 0.168 e. The monoisotopic (exact) mass is 208 g/mol. The van der Waals surface area contributed by atoms with Gasteiger partial charge in [0.1, 0.15) is 0 Å². The second-order valence-corrected chi connectivity index (χ2v) is 3.97. The molecule has 4 heteroatoms. The first-order chi connectivity index (χ1) is 6.65. The predicted molar refractivity (Wildman–Crippen MR) is 60.3 cm³/mol. The molecule has 0 saturated carbocycles. The third-order valence-electron chi connectivity index (χ3n) is 2.38. The molecule has 0 saturated heterocycles. The first-order valence-corrected chi connectivity index (χ1v) is 4.92. The van der Waals surface area contributed by atoms with Crippen LogP contribution in [0.15, 0.2) is 18.2 Å². The molecule has 1 aromatic rings. The molecule has 0 bridgehead atoms. The van der Waals surface area contributed by atoms with E-state index in [9.17, 15) is 5.11 Å². The van der Waals surface area contributed by atoms with E-state index in [0.717, 1.165) is 18.5 Å². The Balaban J connectivity index is 2.24. The molecule has 4 N–H and O–H groups in total. The second-order valence-electron chi connectivity index (χ2n) is 3.53. The van der Waals surface area contributed by atoms with Gasteiger partial charge in [0, 0.05) is 5.69 Å². The van der Waals surface area contributed by atoms with E-state index in [2.05, 4.69) is 5.32 Å². The van der Waals surface area contributed by atoms with Crippen molar-refractivity contribution in [3.63, 3.8) is 0 Å². The Labute approximate surface area is 87.9 Å². The van der Waals surface area contributed by atoms with Crippen molar-refractivity contribution in [2.24, 2.45) is 5.73 Å². The third kappa shape index (κ3) is 1.86. The maximum atomic E-state index is 9.45. The number of aliphatic hydroxyl groups is 1. The standard InChI is InChI=1S/C10H12N2OS/c11-10(14)12-8-2-1-6-4-9(13)5-7(6)3-8/h1-3,9,13H,4-5H2,(H3,11,12,14). The van der Waals surface area contributed by atoms with Crippen LogP contribution in [0.3, 0.4) is 0 Å². The van der Waals surface area contributed by atoms with Crippen LogP contribution in [0.5, 0.6) is 0 Å². The first-order valence-electron chi connectivity index (χ1n) is 4.51. The van der Waals surface area contributed by atoms with Gasteiger partial charge in [-0.15, -0.1) is 0 Å². The number of rotatable bonds is 1. The van der Waals surface area contributed by atoms with Crippen molar-refractivity contribution in [1.29, 1.82) is 0 Å².